The molecular weight excluding hydrogens is 470 g/mol. The van der Waals surface area contributed by atoms with Gasteiger partial charge in [-0.25, -0.2) is 9.78 Å². The molecule has 4 rings (SSSR count). The number of aryl methyl sites for hydroxylation is 1. The molecule has 1 aromatic heterocycles. The van der Waals surface area contributed by atoms with Crippen molar-refractivity contribution in [2.45, 2.75) is 26.4 Å². The fourth-order valence-electron chi connectivity index (χ4n) is 3.26. The van der Waals surface area contributed by atoms with E-state index in [2.05, 4.69) is 31.2 Å². The van der Waals surface area contributed by atoms with Gasteiger partial charge in [0, 0.05) is 15.7 Å². The molecule has 0 bridgehead atoms. The summed E-state index contributed by atoms with van der Waals surface area (Å²) in [5.41, 5.74) is 4.59. The number of hydrogen-bond donors (Lipinski definition) is 2. The lowest BCUT2D eigenvalue weighted by molar-refractivity contribution is -0.124. The molecular formula is C25H22BrN3O3. The molecule has 32 heavy (non-hydrogen) atoms. The molecule has 3 aromatic carbocycles. The Kier molecular flexibility index (Phi) is 6.37. The Morgan fingerprint density at radius 3 is 2.47 bits per heavy atom. The first kappa shape index (κ1) is 21.8. The largest absolute Gasteiger partial charge is 0.449 e. The molecule has 0 aliphatic heterocycles. The van der Waals surface area contributed by atoms with E-state index in [1.807, 2.05) is 43.3 Å². The summed E-state index contributed by atoms with van der Waals surface area (Å²) < 4.78 is 6.41. The fourth-order valence-corrected chi connectivity index (χ4v) is 3.52. The molecule has 0 aliphatic rings. The van der Waals surface area contributed by atoms with Crippen molar-refractivity contribution < 1.29 is 14.3 Å². The number of esters is 1. The van der Waals surface area contributed by atoms with Gasteiger partial charge in [0.25, 0.3) is 5.91 Å². The number of aromatic nitrogens is 2. The Morgan fingerprint density at radius 2 is 1.78 bits per heavy atom. The number of fused-ring (bicyclic) bond motifs is 1. The molecule has 1 unspecified atom stereocenters. The number of carbonyl (C=O) groups excluding carboxylic acids is 2. The summed E-state index contributed by atoms with van der Waals surface area (Å²) in [6.45, 7) is 3.83. The highest BCUT2D eigenvalue weighted by molar-refractivity contribution is 9.10. The molecule has 1 atom stereocenters. The van der Waals surface area contributed by atoms with Crippen molar-refractivity contribution in [3.05, 3.63) is 82.3 Å². The predicted octanol–water partition coefficient (Wildman–Crippen LogP) is 5.87. The molecule has 0 aliphatic carbocycles. The van der Waals surface area contributed by atoms with E-state index in [1.165, 1.54) is 5.56 Å². The Morgan fingerprint density at radius 1 is 1.06 bits per heavy atom. The Hall–Kier alpha value is -3.45. The number of carbonyl (C=O) groups is 2. The third kappa shape index (κ3) is 4.89. The molecule has 1 heterocycles. The van der Waals surface area contributed by atoms with Gasteiger partial charge in [0.15, 0.2) is 6.10 Å². The van der Waals surface area contributed by atoms with E-state index in [9.17, 15) is 9.59 Å². The van der Waals surface area contributed by atoms with Crippen LogP contribution < -0.4 is 5.32 Å². The second kappa shape index (κ2) is 9.36. The molecule has 162 valence electrons. The molecule has 1 amide bonds. The minimum absolute atomic E-state index is 0.353. The molecule has 0 fully saturated rings. The number of nitrogens with one attached hydrogen (secondary N) is 2. The van der Waals surface area contributed by atoms with E-state index in [-0.39, 0.29) is 5.91 Å². The smallest absolute Gasteiger partial charge is 0.338 e. The van der Waals surface area contributed by atoms with Gasteiger partial charge in [-0.2, -0.15) is 0 Å². The monoisotopic (exact) mass is 491 g/mol. The second-order valence-electron chi connectivity index (χ2n) is 7.48. The summed E-state index contributed by atoms with van der Waals surface area (Å²) >= 11 is 3.36. The van der Waals surface area contributed by atoms with Crippen LogP contribution in [-0.2, 0) is 9.53 Å². The van der Waals surface area contributed by atoms with Crippen molar-refractivity contribution in [1.29, 1.82) is 0 Å². The molecule has 2 N–H and O–H groups in total. The van der Waals surface area contributed by atoms with Gasteiger partial charge >= 0.3 is 5.97 Å². The van der Waals surface area contributed by atoms with Crippen LogP contribution in [0, 0.1) is 6.92 Å². The molecule has 7 heteroatoms. The van der Waals surface area contributed by atoms with Crippen molar-refractivity contribution in [2.24, 2.45) is 0 Å². The van der Waals surface area contributed by atoms with E-state index in [0.29, 0.717) is 17.7 Å². The Bertz CT molecular complexity index is 1260. The zero-order valence-electron chi connectivity index (χ0n) is 17.7. The van der Waals surface area contributed by atoms with Crippen LogP contribution in [0.2, 0.25) is 0 Å². The van der Waals surface area contributed by atoms with Gasteiger partial charge in [-0.3, -0.25) is 4.79 Å². The average Bonchev–Trinajstić information content (AvgIpc) is 3.22. The number of anilines is 1. The van der Waals surface area contributed by atoms with Crippen LogP contribution in [0.15, 0.2) is 71.2 Å². The molecule has 0 saturated heterocycles. The topological polar surface area (TPSA) is 84.1 Å². The average molecular weight is 492 g/mol. The van der Waals surface area contributed by atoms with Crippen molar-refractivity contribution in [3.63, 3.8) is 0 Å². The molecule has 4 aromatic rings. The number of imidazole rings is 1. The zero-order valence-corrected chi connectivity index (χ0v) is 19.3. The summed E-state index contributed by atoms with van der Waals surface area (Å²) in [7, 11) is 0. The van der Waals surface area contributed by atoms with Crippen LogP contribution in [0.25, 0.3) is 22.4 Å². The summed E-state index contributed by atoms with van der Waals surface area (Å²) in [6, 6.07) is 20.4. The van der Waals surface area contributed by atoms with Crippen molar-refractivity contribution in [2.75, 3.05) is 5.32 Å². The van der Waals surface area contributed by atoms with Crippen LogP contribution in [-0.4, -0.2) is 27.9 Å². The molecule has 0 spiro atoms. The van der Waals surface area contributed by atoms with Crippen molar-refractivity contribution in [1.82, 2.24) is 9.97 Å². The van der Waals surface area contributed by atoms with E-state index in [0.717, 1.165) is 26.9 Å². The van der Waals surface area contributed by atoms with E-state index < -0.39 is 12.1 Å². The summed E-state index contributed by atoms with van der Waals surface area (Å²) in [5, 5.41) is 2.78. The lowest BCUT2D eigenvalue weighted by Crippen LogP contribution is -2.32. The summed E-state index contributed by atoms with van der Waals surface area (Å²) in [5.74, 6) is -0.200. The number of rotatable bonds is 6. The predicted molar refractivity (Wildman–Crippen MR) is 129 cm³/mol. The van der Waals surface area contributed by atoms with Crippen LogP contribution >= 0.6 is 15.9 Å². The number of H-pyrrole nitrogens is 1. The summed E-state index contributed by atoms with van der Waals surface area (Å²) in [6.07, 6.45) is -0.537. The maximum Gasteiger partial charge on any atom is 0.338 e. The van der Waals surface area contributed by atoms with Crippen LogP contribution in [0.1, 0.15) is 29.3 Å². The van der Waals surface area contributed by atoms with Gasteiger partial charge in [-0.15, -0.1) is 0 Å². The second-order valence-corrected chi connectivity index (χ2v) is 8.40. The number of benzene rings is 3. The van der Waals surface area contributed by atoms with Gasteiger partial charge in [0.05, 0.1) is 16.6 Å². The number of amides is 1. The number of ether oxygens (including phenoxy) is 1. The number of aromatic amines is 1. The number of hydrogen-bond acceptors (Lipinski definition) is 4. The molecule has 0 radical (unpaired) electrons. The standard InChI is InChI=1S/C25H22BrN3O3/c1-3-22(24(30)27-19-11-9-18(26)10-12-19)32-25(31)17-8-13-20-21(14-17)29-23(28-20)16-6-4-15(2)5-7-16/h4-14,22H,3H2,1-2H3,(H,27,30)(H,28,29). The first-order valence-electron chi connectivity index (χ1n) is 10.3. The minimum Gasteiger partial charge on any atom is -0.449 e. The van der Waals surface area contributed by atoms with E-state index >= 15 is 0 Å². The van der Waals surface area contributed by atoms with Gasteiger partial charge in [-0.1, -0.05) is 52.7 Å². The van der Waals surface area contributed by atoms with Gasteiger partial charge in [-0.05, 0) is 55.8 Å². The van der Waals surface area contributed by atoms with Gasteiger partial charge in [0.1, 0.15) is 5.82 Å². The first-order chi connectivity index (χ1) is 15.4. The van der Waals surface area contributed by atoms with Gasteiger partial charge < -0.3 is 15.0 Å². The minimum atomic E-state index is -0.897. The molecule has 0 saturated carbocycles. The third-order valence-corrected chi connectivity index (χ3v) is 5.60. The Labute approximate surface area is 194 Å². The van der Waals surface area contributed by atoms with Crippen LogP contribution in [0.5, 0.6) is 0 Å². The van der Waals surface area contributed by atoms with Crippen LogP contribution in [0.3, 0.4) is 0 Å². The SMILES string of the molecule is CCC(OC(=O)c1ccc2nc(-c3ccc(C)cc3)[nH]c2c1)C(=O)Nc1ccc(Br)cc1. The van der Waals surface area contributed by atoms with E-state index in [4.69, 9.17) is 4.74 Å². The highest BCUT2D eigenvalue weighted by Crippen LogP contribution is 2.22. The highest BCUT2D eigenvalue weighted by atomic mass is 79.9. The number of halogens is 1. The van der Waals surface area contributed by atoms with Crippen LogP contribution in [0.4, 0.5) is 5.69 Å². The highest BCUT2D eigenvalue weighted by Gasteiger charge is 2.22. The van der Waals surface area contributed by atoms with Gasteiger partial charge in [0.2, 0.25) is 0 Å². The van der Waals surface area contributed by atoms with Crippen molar-refractivity contribution in [3.8, 4) is 11.4 Å². The zero-order chi connectivity index (χ0) is 22.7. The lowest BCUT2D eigenvalue weighted by Gasteiger charge is -2.16. The van der Waals surface area contributed by atoms with E-state index in [1.54, 1.807) is 37.3 Å². The first-order valence-corrected chi connectivity index (χ1v) is 11.1. The number of nitrogens with zero attached hydrogens (tertiary/aromatic N) is 1. The summed E-state index contributed by atoms with van der Waals surface area (Å²) in [4.78, 5) is 33.2. The Balaban J connectivity index is 1.48. The normalized spacial score (nSPS) is 11.8. The quantitative estimate of drug-likeness (QED) is 0.330. The fraction of sp³-hybridized carbons (Fsp3) is 0.160. The maximum absolute atomic E-state index is 12.7. The third-order valence-electron chi connectivity index (χ3n) is 5.07. The maximum atomic E-state index is 12.7. The lowest BCUT2D eigenvalue weighted by atomic mass is 10.1. The molecule has 6 nitrogen and oxygen atoms in total. The van der Waals surface area contributed by atoms with Crippen molar-refractivity contribution >= 4 is 44.5 Å².